The predicted molar refractivity (Wildman–Crippen MR) is 162 cm³/mol. The molecule has 1 aliphatic rings. The van der Waals surface area contributed by atoms with E-state index in [4.69, 9.17) is 0 Å². The monoisotopic (exact) mass is 572 g/mol. The van der Waals surface area contributed by atoms with Crippen molar-refractivity contribution in [2.45, 2.75) is 104 Å². The van der Waals surface area contributed by atoms with Crippen LogP contribution in [0.1, 0.15) is 79.4 Å². The summed E-state index contributed by atoms with van der Waals surface area (Å²) in [6, 6.07) is 6.83. The predicted octanol–water partition coefficient (Wildman–Crippen LogP) is 3.03. The van der Waals surface area contributed by atoms with Crippen molar-refractivity contribution in [1.82, 2.24) is 20.4 Å². The summed E-state index contributed by atoms with van der Waals surface area (Å²) in [7, 11) is 1.70. The lowest BCUT2D eigenvalue weighted by molar-refractivity contribution is -0.140. The zero-order valence-electron chi connectivity index (χ0n) is 26.1. The van der Waals surface area contributed by atoms with E-state index in [1.807, 2.05) is 33.8 Å². The van der Waals surface area contributed by atoms with Crippen molar-refractivity contribution in [3.05, 3.63) is 47.5 Å². The first-order valence-electron chi connectivity index (χ1n) is 15.0. The molecule has 0 radical (unpaired) electrons. The molecule has 9 heteroatoms. The lowest BCUT2D eigenvalue weighted by Gasteiger charge is -2.39. The van der Waals surface area contributed by atoms with Crippen LogP contribution < -0.4 is 10.6 Å². The molecule has 3 unspecified atom stereocenters. The number of carbonyl (C=O) groups excluding carboxylic acids is 3. The van der Waals surface area contributed by atoms with Crippen LogP contribution in [0.4, 0.5) is 0 Å². The van der Waals surface area contributed by atoms with Gasteiger partial charge in [0.1, 0.15) is 12.1 Å². The lowest BCUT2D eigenvalue weighted by Crippen LogP contribution is -2.58. The Bertz CT molecular complexity index is 1030. The van der Waals surface area contributed by atoms with Gasteiger partial charge in [0.05, 0.1) is 24.7 Å². The maximum atomic E-state index is 13.8. The number of piperidine rings is 1. The number of benzene rings is 1. The molecule has 0 aromatic heterocycles. The molecule has 41 heavy (non-hydrogen) atoms. The average molecular weight is 573 g/mol. The van der Waals surface area contributed by atoms with E-state index in [-0.39, 0.29) is 35.7 Å². The van der Waals surface area contributed by atoms with Crippen LogP contribution in [0.5, 0.6) is 0 Å². The molecule has 1 aliphatic heterocycles. The second-order valence-electron chi connectivity index (χ2n) is 12.2. The van der Waals surface area contributed by atoms with Crippen molar-refractivity contribution in [3.8, 4) is 0 Å². The minimum absolute atomic E-state index is 0.0199. The van der Waals surface area contributed by atoms with E-state index in [2.05, 4.69) is 29.4 Å². The molecule has 4 N–H and O–H groups in total. The fraction of sp³-hybridized carbons (Fsp3) is 0.656. The Morgan fingerprint density at radius 1 is 1.02 bits per heavy atom. The van der Waals surface area contributed by atoms with Gasteiger partial charge in [0, 0.05) is 18.7 Å². The van der Waals surface area contributed by atoms with Gasteiger partial charge in [-0.2, -0.15) is 0 Å². The maximum absolute atomic E-state index is 13.8. The van der Waals surface area contributed by atoms with E-state index in [9.17, 15) is 24.6 Å². The van der Waals surface area contributed by atoms with Crippen molar-refractivity contribution in [3.63, 3.8) is 0 Å². The Balaban J connectivity index is 2.18. The van der Waals surface area contributed by atoms with Gasteiger partial charge in [-0.25, -0.2) is 0 Å². The Hall–Kier alpha value is -2.75. The van der Waals surface area contributed by atoms with Crippen LogP contribution in [0.3, 0.4) is 0 Å². The number of amides is 3. The van der Waals surface area contributed by atoms with E-state index in [1.54, 1.807) is 49.2 Å². The van der Waals surface area contributed by atoms with Gasteiger partial charge < -0.3 is 25.7 Å². The second-order valence-corrected chi connectivity index (χ2v) is 12.2. The van der Waals surface area contributed by atoms with Crippen LogP contribution in [0.15, 0.2) is 42.0 Å². The molecule has 0 saturated carbocycles. The normalized spacial score (nSPS) is 19.5. The summed E-state index contributed by atoms with van der Waals surface area (Å²) in [5, 5.41) is 26.3. The van der Waals surface area contributed by atoms with Crippen LogP contribution in [0.2, 0.25) is 0 Å². The van der Waals surface area contributed by atoms with Gasteiger partial charge in [-0.1, -0.05) is 70.5 Å². The summed E-state index contributed by atoms with van der Waals surface area (Å²) in [4.78, 5) is 44.1. The standard InChI is InChI=1S/C32H52N4O5/c1-20(2)27(18-23(7)30(39)33-25(19-37)29(38)24-14-10-9-11-15-24)35(8)32(41)28(21(3)4)34-31(40)26-16-12-13-17-36(26)22(5)6/h9-11,14-15,18,20-22,25-29,37-38H,12-13,16-17,19H2,1-8H3,(H,33,39)(H,34,40)/b23-18+/t25?,26?,27-,28?,29-/m1/s1. The number of aliphatic hydroxyl groups is 2. The molecule has 1 saturated heterocycles. The van der Waals surface area contributed by atoms with E-state index in [1.165, 1.54) is 0 Å². The van der Waals surface area contributed by atoms with Gasteiger partial charge in [0.15, 0.2) is 0 Å². The van der Waals surface area contributed by atoms with Crippen molar-refractivity contribution < 1.29 is 24.6 Å². The molecular weight excluding hydrogens is 520 g/mol. The first kappa shape index (κ1) is 34.5. The summed E-state index contributed by atoms with van der Waals surface area (Å²) >= 11 is 0. The third-order valence-corrected chi connectivity index (χ3v) is 8.03. The zero-order valence-corrected chi connectivity index (χ0v) is 26.1. The van der Waals surface area contributed by atoms with Crippen molar-refractivity contribution in [1.29, 1.82) is 0 Å². The topological polar surface area (TPSA) is 122 Å². The van der Waals surface area contributed by atoms with Crippen molar-refractivity contribution in [2.24, 2.45) is 11.8 Å². The number of carbonyl (C=O) groups is 3. The minimum atomic E-state index is -1.07. The molecular formula is C32H52N4O5. The molecule has 0 spiro atoms. The highest BCUT2D eigenvalue weighted by Crippen LogP contribution is 2.22. The number of likely N-dealkylation sites (N-methyl/N-ethyl adjacent to an activating group) is 1. The molecule has 2 rings (SSSR count). The number of hydrogen-bond donors (Lipinski definition) is 4. The van der Waals surface area contributed by atoms with E-state index in [0.29, 0.717) is 11.1 Å². The van der Waals surface area contributed by atoms with Crippen LogP contribution in [0.25, 0.3) is 0 Å². The third kappa shape index (κ3) is 9.38. The molecule has 1 heterocycles. The van der Waals surface area contributed by atoms with Crippen LogP contribution in [-0.4, -0.2) is 88.1 Å². The molecule has 1 aromatic rings. The van der Waals surface area contributed by atoms with Gasteiger partial charge in [-0.15, -0.1) is 0 Å². The summed E-state index contributed by atoms with van der Waals surface area (Å²) in [6.45, 7) is 14.0. The van der Waals surface area contributed by atoms with Crippen LogP contribution in [-0.2, 0) is 14.4 Å². The largest absolute Gasteiger partial charge is 0.394 e. The first-order chi connectivity index (χ1) is 19.3. The number of nitrogens with zero attached hydrogens (tertiary/aromatic N) is 2. The van der Waals surface area contributed by atoms with Gasteiger partial charge in [0.25, 0.3) is 0 Å². The molecule has 230 valence electrons. The Kier molecular flexibility index (Phi) is 13.5. The minimum Gasteiger partial charge on any atom is -0.394 e. The molecule has 0 bridgehead atoms. The van der Waals surface area contributed by atoms with E-state index >= 15 is 0 Å². The van der Waals surface area contributed by atoms with Crippen molar-refractivity contribution >= 4 is 17.7 Å². The van der Waals surface area contributed by atoms with E-state index in [0.717, 1.165) is 25.8 Å². The number of rotatable bonds is 13. The molecule has 0 aliphatic carbocycles. The highest BCUT2D eigenvalue weighted by Gasteiger charge is 2.36. The highest BCUT2D eigenvalue weighted by atomic mass is 16.3. The van der Waals surface area contributed by atoms with Crippen molar-refractivity contribution in [2.75, 3.05) is 20.2 Å². The fourth-order valence-corrected chi connectivity index (χ4v) is 5.46. The number of hydrogen-bond acceptors (Lipinski definition) is 6. The quantitative estimate of drug-likeness (QED) is 0.270. The molecule has 5 atom stereocenters. The Morgan fingerprint density at radius 2 is 1.66 bits per heavy atom. The van der Waals surface area contributed by atoms with Crippen LogP contribution in [0, 0.1) is 11.8 Å². The number of likely N-dealkylation sites (tertiary alicyclic amines) is 1. The lowest BCUT2D eigenvalue weighted by atomic mass is 9.95. The first-order valence-corrected chi connectivity index (χ1v) is 15.0. The Labute approximate surface area is 246 Å². The smallest absolute Gasteiger partial charge is 0.247 e. The van der Waals surface area contributed by atoms with Crippen LogP contribution >= 0.6 is 0 Å². The van der Waals surface area contributed by atoms with Gasteiger partial charge in [-0.05, 0) is 57.6 Å². The molecule has 3 amide bonds. The second kappa shape index (κ2) is 16.0. The maximum Gasteiger partial charge on any atom is 0.247 e. The Morgan fingerprint density at radius 3 is 2.20 bits per heavy atom. The third-order valence-electron chi connectivity index (χ3n) is 8.03. The summed E-state index contributed by atoms with van der Waals surface area (Å²) in [5.41, 5.74) is 0.951. The SMILES string of the molecule is C/C(=C\[C@H](C(C)C)N(C)C(=O)C(NC(=O)C1CCCCN1C(C)C)C(C)C)C(=O)NC(CO)[C@H](O)c1ccccc1. The van der Waals surface area contributed by atoms with E-state index < -0.39 is 36.7 Å². The average Bonchev–Trinajstić information content (AvgIpc) is 2.95. The van der Waals surface area contributed by atoms with Gasteiger partial charge >= 0.3 is 0 Å². The number of aliphatic hydroxyl groups excluding tert-OH is 2. The molecule has 1 fully saturated rings. The molecule has 1 aromatic carbocycles. The zero-order chi connectivity index (χ0) is 30.9. The highest BCUT2D eigenvalue weighted by molar-refractivity contribution is 5.93. The van der Waals surface area contributed by atoms with Gasteiger partial charge in [-0.3, -0.25) is 19.3 Å². The van der Waals surface area contributed by atoms with Gasteiger partial charge in [0.2, 0.25) is 17.7 Å². The summed E-state index contributed by atoms with van der Waals surface area (Å²) in [5.74, 6) is -0.913. The number of nitrogens with one attached hydrogen (secondary N) is 2. The summed E-state index contributed by atoms with van der Waals surface area (Å²) in [6.07, 6.45) is 3.49. The summed E-state index contributed by atoms with van der Waals surface area (Å²) < 4.78 is 0. The molecule has 9 nitrogen and oxygen atoms in total. The fourth-order valence-electron chi connectivity index (χ4n) is 5.46.